The number of rotatable bonds is 8. The van der Waals surface area contributed by atoms with Crippen molar-refractivity contribution in [2.24, 2.45) is 0 Å². The number of anilines is 1. The van der Waals surface area contributed by atoms with Gasteiger partial charge in [-0.1, -0.05) is 25.1 Å². The third-order valence-electron chi connectivity index (χ3n) is 5.16. The van der Waals surface area contributed by atoms with E-state index in [1.807, 2.05) is 0 Å². The average molecular weight is 319 g/mol. The van der Waals surface area contributed by atoms with Gasteiger partial charge in [0, 0.05) is 38.0 Å². The van der Waals surface area contributed by atoms with Gasteiger partial charge >= 0.3 is 0 Å². The van der Waals surface area contributed by atoms with Crippen LogP contribution in [0.5, 0.6) is 0 Å². The summed E-state index contributed by atoms with van der Waals surface area (Å²) >= 11 is 0. The van der Waals surface area contributed by atoms with Gasteiger partial charge in [-0.25, -0.2) is 0 Å². The number of nitrogens with zero attached hydrogens (tertiary/aromatic N) is 2. The van der Waals surface area contributed by atoms with Gasteiger partial charge < -0.3 is 20.2 Å². The lowest BCUT2D eigenvalue weighted by molar-refractivity contribution is 0.252. The Morgan fingerprint density at radius 2 is 2.00 bits per heavy atom. The molecule has 0 aromatic heterocycles. The molecule has 1 aliphatic heterocycles. The van der Waals surface area contributed by atoms with Gasteiger partial charge in [0.1, 0.15) is 0 Å². The smallest absolute Gasteiger partial charge is 0.0445 e. The maximum absolute atomic E-state index is 9.15. The molecule has 0 aliphatic carbocycles. The molecule has 23 heavy (non-hydrogen) atoms. The predicted octanol–water partition coefficient (Wildman–Crippen LogP) is 2.47. The summed E-state index contributed by atoms with van der Waals surface area (Å²) in [4.78, 5) is 4.88. The van der Waals surface area contributed by atoms with Crippen molar-refractivity contribution in [1.82, 2.24) is 10.2 Å². The molecule has 2 rings (SSSR count). The summed E-state index contributed by atoms with van der Waals surface area (Å²) in [5.74, 6) is 0. The first-order valence-electron chi connectivity index (χ1n) is 8.99. The zero-order valence-corrected chi connectivity index (χ0v) is 15.0. The lowest BCUT2D eigenvalue weighted by Gasteiger charge is -2.37. The highest BCUT2D eigenvalue weighted by Gasteiger charge is 2.22. The first kappa shape index (κ1) is 18.2. The molecule has 1 aromatic rings. The van der Waals surface area contributed by atoms with E-state index in [9.17, 15) is 0 Å². The molecule has 1 unspecified atom stereocenters. The minimum absolute atomic E-state index is 0.253. The number of likely N-dealkylation sites (tertiary alicyclic amines) is 1. The van der Waals surface area contributed by atoms with Crippen molar-refractivity contribution in [3.05, 3.63) is 29.8 Å². The molecule has 0 spiro atoms. The standard InChI is InChI=1S/C19H33N3O/c1-4-17(11-14-23)20-15-16-7-5-6-8-19(16)22(3)18-9-12-21(2)13-10-18/h5-8,17-18,20,23H,4,9-15H2,1-3H3. The number of benzene rings is 1. The number of hydrogen-bond acceptors (Lipinski definition) is 4. The van der Waals surface area contributed by atoms with Crippen molar-refractivity contribution in [3.63, 3.8) is 0 Å². The molecule has 0 radical (unpaired) electrons. The first-order valence-corrected chi connectivity index (χ1v) is 8.99. The lowest BCUT2D eigenvalue weighted by Crippen LogP contribution is -2.42. The molecule has 1 atom stereocenters. The van der Waals surface area contributed by atoms with Crippen LogP contribution in [-0.4, -0.2) is 55.9 Å². The van der Waals surface area contributed by atoms with E-state index in [1.54, 1.807) is 0 Å². The Balaban J connectivity index is 2.01. The highest BCUT2D eigenvalue weighted by molar-refractivity contribution is 5.54. The molecular formula is C19H33N3O. The fraction of sp³-hybridized carbons (Fsp3) is 0.684. The summed E-state index contributed by atoms with van der Waals surface area (Å²) in [6, 6.07) is 9.74. The summed E-state index contributed by atoms with van der Waals surface area (Å²) in [6.45, 7) is 5.66. The van der Waals surface area contributed by atoms with Gasteiger partial charge in [0.05, 0.1) is 0 Å². The van der Waals surface area contributed by atoms with Crippen LogP contribution < -0.4 is 10.2 Å². The van der Waals surface area contributed by atoms with Crippen LogP contribution >= 0.6 is 0 Å². The Morgan fingerprint density at radius 3 is 2.65 bits per heavy atom. The average Bonchev–Trinajstić information content (AvgIpc) is 2.59. The fourth-order valence-corrected chi connectivity index (χ4v) is 3.44. The molecule has 0 amide bonds. The summed E-state index contributed by atoms with van der Waals surface area (Å²) in [5.41, 5.74) is 2.69. The van der Waals surface area contributed by atoms with Crippen molar-refractivity contribution in [2.75, 3.05) is 38.7 Å². The first-order chi connectivity index (χ1) is 11.2. The van der Waals surface area contributed by atoms with Crippen LogP contribution in [0.3, 0.4) is 0 Å². The molecule has 1 aromatic carbocycles. The molecule has 4 nitrogen and oxygen atoms in total. The van der Waals surface area contributed by atoms with Crippen molar-refractivity contribution in [3.8, 4) is 0 Å². The van der Waals surface area contributed by atoms with Gasteiger partial charge in [0.15, 0.2) is 0 Å². The largest absolute Gasteiger partial charge is 0.396 e. The van der Waals surface area contributed by atoms with E-state index >= 15 is 0 Å². The second kappa shape index (κ2) is 9.26. The van der Waals surface area contributed by atoms with Gasteiger partial charge in [-0.3, -0.25) is 0 Å². The summed E-state index contributed by atoms with van der Waals surface area (Å²) in [7, 11) is 4.44. The summed E-state index contributed by atoms with van der Waals surface area (Å²) < 4.78 is 0. The quantitative estimate of drug-likeness (QED) is 0.772. The third-order valence-corrected chi connectivity index (χ3v) is 5.16. The molecule has 4 heteroatoms. The van der Waals surface area contributed by atoms with Gasteiger partial charge in [-0.2, -0.15) is 0 Å². The van der Waals surface area contributed by atoms with Crippen LogP contribution in [0.4, 0.5) is 5.69 Å². The normalized spacial score (nSPS) is 18.1. The van der Waals surface area contributed by atoms with E-state index < -0.39 is 0 Å². The Bertz CT molecular complexity index is 458. The van der Waals surface area contributed by atoms with Crippen molar-refractivity contribution in [1.29, 1.82) is 0 Å². The molecule has 2 N–H and O–H groups in total. The number of hydrogen-bond donors (Lipinski definition) is 2. The molecule has 1 heterocycles. The summed E-state index contributed by atoms with van der Waals surface area (Å²) in [6.07, 6.45) is 4.34. The molecule has 1 aliphatic rings. The lowest BCUT2D eigenvalue weighted by atomic mass is 10.0. The zero-order valence-electron chi connectivity index (χ0n) is 15.0. The van der Waals surface area contributed by atoms with Gasteiger partial charge in [0.25, 0.3) is 0 Å². The maximum atomic E-state index is 9.15. The van der Waals surface area contributed by atoms with Crippen LogP contribution in [0.1, 0.15) is 38.2 Å². The Morgan fingerprint density at radius 1 is 1.30 bits per heavy atom. The van der Waals surface area contributed by atoms with Crippen LogP contribution in [0.2, 0.25) is 0 Å². The maximum Gasteiger partial charge on any atom is 0.0445 e. The number of piperidine rings is 1. The molecule has 1 saturated heterocycles. The van der Waals surface area contributed by atoms with Crippen molar-refractivity contribution in [2.45, 2.75) is 51.2 Å². The highest BCUT2D eigenvalue weighted by Crippen LogP contribution is 2.25. The Labute approximate surface area is 141 Å². The van der Waals surface area contributed by atoms with E-state index in [0.29, 0.717) is 12.1 Å². The Kier molecular flexibility index (Phi) is 7.34. The Hall–Kier alpha value is -1.10. The highest BCUT2D eigenvalue weighted by atomic mass is 16.3. The monoisotopic (exact) mass is 319 g/mol. The minimum Gasteiger partial charge on any atom is -0.396 e. The minimum atomic E-state index is 0.253. The second-order valence-corrected chi connectivity index (χ2v) is 6.77. The van der Waals surface area contributed by atoms with E-state index in [1.165, 1.54) is 37.2 Å². The van der Waals surface area contributed by atoms with Gasteiger partial charge in [-0.15, -0.1) is 0 Å². The van der Waals surface area contributed by atoms with Gasteiger partial charge in [-0.05, 0) is 57.5 Å². The molecule has 0 saturated carbocycles. The van der Waals surface area contributed by atoms with Crippen LogP contribution in [0.25, 0.3) is 0 Å². The van der Waals surface area contributed by atoms with E-state index in [-0.39, 0.29) is 6.61 Å². The second-order valence-electron chi connectivity index (χ2n) is 6.77. The van der Waals surface area contributed by atoms with Crippen LogP contribution in [0.15, 0.2) is 24.3 Å². The summed E-state index contributed by atoms with van der Waals surface area (Å²) in [5, 5.41) is 12.7. The van der Waals surface area contributed by atoms with Crippen LogP contribution in [-0.2, 0) is 6.54 Å². The number of nitrogens with one attached hydrogen (secondary N) is 1. The zero-order chi connectivity index (χ0) is 16.7. The van der Waals surface area contributed by atoms with Crippen LogP contribution in [0, 0.1) is 0 Å². The third kappa shape index (κ3) is 5.20. The number of aliphatic hydroxyl groups excluding tert-OH is 1. The van der Waals surface area contributed by atoms with E-state index in [2.05, 4.69) is 60.4 Å². The molecule has 0 bridgehead atoms. The topological polar surface area (TPSA) is 38.7 Å². The molecule has 130 valence electrons. The van der Waals surface area contributed by atoms with Crippen molar-refractivity contribution >= 4 is 5.69 Å². The number of para-hydroxylation sites is 1. The van der Waals surface area contributed by atoms with Gasteiger partial charge in [0.2, 0.25) is 0 Å². The van der Waals surface area contributed by atoms with E-state index in [0.717, 1.165) is 19.4 Å². The molecular weight excluding hydrogens is 286 g/mol. The molecule has 1 fully saturated rings. The van der Waals surface area contributed by atoms with E-state index in [4.69, 9.17) is 5.11 Å². The van der Waals surface area contributed by atoms with Crippen molar-refractivity contribution < 1.29 is 5.11 Å². The number of aliphatic hydroxyl groups is 1. The SMILES string of the molecule is CCC(CCO)NCc1ccccc1N(C)C1CCN(C)CC1. The predicted molar refractivity (Wildman–Crippen MR) is 98.0 cm³/mol. The fourth-order valence-electron chi connectivity index (χ4n) is 3.44.